The molecule has 1 aromatic rings. The Balaban J connectivity index is 2.01. The van der Waals surface area contributed by atoms with Crippen LogP contribution in [0.15, 0.2) is 12.3 Å². The van der Waals surface area contributed by atoms with Gasteiger partial charge in [0.2, 0.25) is 0 Å². The Morgan fingerprint density at radius 1 is 1.53 bits per heavy atom. The van der Waals surface area contributed by atoms with Gasteiger partial charge in [-0.05, 0) is 50.8 Å². The van der Waals surface area contributed by atoms with Crippen LogP contribution in [0, 0.1) is 11.3 Å². The molecule has 1 aromatic heterocycles. The molecule has 5 nitrogen and oxygen atoms in total. The summed E-state index contributed by atoms with van der Waals surface area (Å²) in [5, 5.41) is 11.8. The Morgan fingerprint density at radius 3 is 2.89 bits per heavy atom. The smallest absolute Gasteiger partial charge is 0.407 e. The fourth-order valence-electron chi connectivity index (χ4n) is 2.21. The molecule has 0 radical (unpaired) electrons. The van der Waals surface area contributed by atoms with Crippen LogP contribution in [0.25, 0.3) is 0 Å². The van der Waals surface area contributed by atoms with Crippen molar-refractivity contribution in [2.24, 2.45) is 0 Å². The maximum Gasteiger partial charge on any atom is 0.407 e. The van der Waals surface area contributed by atoms with E-state index in [-0.39, 0.29) is 6.04 Å². The van der Waals surface area contributed by atoms with Crippen molar-refractivity contribution in [3.8, 4) is 6.07 Å². The average Bonchev–Trinajstić information content (AvgIpc) is 2.67. The maximum absolute atomic E-state index is 11.7. The highest BCUT2D eigenvalue weighted by Crippen LogP contribution is 2.24. The van der Waals surface area contributed by atoms with Gasteiger partial charge in [-0.2, -0.15) is 5.26 Å². The highest BCUT2D eigenvalue weighted by molar-refractivity contribution is 5.68. The zero-order valence-corrected chi connectivity index (χ0v) is 11.4. The Morgan fingerprint density at radius 2 is 2.26 bits per heavy atom. The molecule has 5 heteroatoms. The van der Waals surface area contributed by atoms with E-state index >= 15 is 0 Å². The Labute approximate surface area is 112 Å². The van der Waals surface area contributed by atoms with Crippen LogP contribution in [-0.4, -0.2) is 22.7 Å². The Kier molecular flexibility index (Phi) is 3.43. The molecule has 0 aromatic carbocycles. The van der Waals surface area contributed by atoms with E-state index in [9.17, 15) is 4.79 Å². The molecule has 1 unspecified atom stereocenters. The quantitative estimate of drug-likeness (QED) is 0.836. The van der Waals surface area contributed by atoms with E-state index in [1.807, 2.05) is 26.8 Å². The lowest BCUT2D eigenvalue weighted by atomic mass is 10.1. The summed E-state index contributed by atoms with van der Waals surface area (Å²) < 4.78 is 5.22. The lowest BCUT2D eigenvalue weighted by Crippen LogP contribution is -2.39. The Bertz CT molecular complexity index is 541. The summed E-state index contributed by atoms with van der Waals surface area (Å²) in [6.07, 6.45) is 2.56. The summed E-state index contributed by atoms with van der Waals surface area (Å²) >= 11 is 0. The fourth-order valence-corrected chi connectivity index (χ4v) is 2.21. The van der Waals surface area contributed by atoms with E-state index in [0.717, 1.165) is 11.1 Å². The molecule has 1 aliphatic rings. The molecule has 100 valence electrons. The minimum absolute atomic E-state index is 0.0267. The molecule has 1 amide bonds. The number of hydrogen-bond acceptors (Lipinski definition) is 4. The molecule has 0 bridgehead atoms. The van der Waals surface area contributed by atoms with Gasteiger partial charge >= 0.3 is 6.09 Å². The third-order valence-corrected chi connectivity index (χ3v) is 2.90. The summed E-state index contributed by atoms with van der Waals surface area (Å²) in [5.41, 5.74) is 1.96. The van der Waals surface area contributed by atoms with Gasteiger partial charge in [-0.3, -0.25) is 0 Å². The van der Waals surface area contributed by atoms with Crippen LogP contribution in [0.2, 0.25) is 0 Å². The van der Waals surface area contributed by atoms with Crippen molar-refractivity contribution in [2.45, 2.75) is 45.3 Å². The number of ether oxygens (including phenoxy) is 1. The summed E-state index contributed by atoms with van der Waals surface area (Å²) in [7, 11) is 0. The van der Waals surface area contributed by atoms with Crippen LogP contribution in [0.3, 0.4) is 0 Å². The van der Waals surface area contributed by atoms with Gasteiger partial charge in [0.1, 0.15) is 17.4 Å². The van der Waals surface area contributed by atoms with E-state index in [2.05, 4.69) is 16.4 Å². The number of rotatable bonds is 1. The number of aromatic nitrogens is 1. The Hall–Kier alpha value is -2.09. The van der Waals surface area contributed by atoms with Gasteiger partial charge in [0.15, 0.2) is 0 Å². The van der Waals surface area contributed by atoms with Crippen LogP contribution < -0.4 is 5.32 Å². The van der Waals surface area contributed by atoms with E-state index in [0.29, 0.717) is 18.5 Å². The van der Waals surface area contributed by atoms with Gasteiger partial charge in [0.25, 0.3) is 0 Å². The van der Waals surface area contributed by atoms with Crippen molar-refractivity contribution in [1.29, 1.82) is 5.26 Å². The topological polar surface area (TPSA) is 75.0 Å². The van der Waals surface area contributed by atoms with Crippen LogP contribution in [0.1, 0.15) is 37.6 Å². The number of alkyl carbamates (subject to hydrolysis) is 1. The maximum atomic E-state index is 11.7. The number of carbonyl (C=O) groups is 1. The molecule has 1 atom stereocenters. The van der Waals surface area contributed by atoms with E-state index in [4.69, 9.17) is 10.00 Å². The van der Waals surface area contributed by atoms with E-state index in [1.165, 1.54) is 0 Å². The first-order chi connectivity index (χ1) is 8.89. The van der Waals surface area contributed by atoms with Crippen LogP contribution in [0.5, 0.6) is 0 Å². The number of fused-ring (bicyclic) bond motifs is 1. The molecular weight excluding hydrogens is 242 g/mol. The average molecular weight is 259 g/mol. The third kappa shape index (κ3) is 3.22. The number of carbonyl (C=O) groups excluding carboxylic acids is 1. The zero-order valence-electron chi connectivity index (χ0n) is 11.4. The molecule has 0 fully saturated rings. The lowest BCUT2D eigenvalue weighted by Gasteiger charge is -2.21. The second-order valence-electron chi connectivity index (χ2n) is 5.66. The molecule has 19 heavy (non-hydrogen) atoms. The first kappa shape index (κ1) is 13.3. The minimum Gasteiger partial charge on any atom is -0.444 e. The molecule has 1 aliphatic carbocycles. The molecule has 0 spiro atoms. The highest BCUT2D eigenvalue weighted by Gasteiger charge is 2.27. The molecule has 0 saturated heterocycles. The van der Waals surface area contributed by atoms with Crippen LogP contribution >= 0.6 is 0 Å². The number of nitrogens with zero attached hydrogens (tertiary/aromatic N) is 2. The number of hydrogen-bond donors (Lipinski definition) is 1. The van der Waals surface area contributed by atoms with Gasteiger partial charge in [-0.1, -0.05) is 0 Å². The summed E-state index contributed by atoms with van der Waals surface area (Å²) in [6.45, 7) is 5.48. The van der Waals surface area contributed by atoms with Crippen LogP contribution in [0.4, 0.5) is 4.79 Å². The first-order valence-corrected chi connectivity index (χ1v) is 6.25. The minimum atomic E-state index is -0.505. The molecule has 2 rings (SSSR count). The van der Waals surface area contributed by atoms with Crippen molar-refractivity contribution >= 4 is 6.09 Å². The molecular formula is C14H17N3O2. The standard InChI is InChI=1S/C14H17N3O2/c1-14(2,3)19-13(18)17-10-6-9-4-5-16-12(8-15)11(9)7-10/h4-5,10H,6-7H2,1-3H3,(H,17,18). The van der Waals surface area contributed by atoms with Gasteiger partial charge in [-0.25, -0.2) is 9.78 Å². The third-order valence-electron chi connectivity index (χ3n) is 2.90. The molecule has 1 heterocycles. The largest absolute Gasteiger partial charge is 0.444 e. The fraction of sp³-hybridized carbons (Fsp3) is 0.500. The molecule has 0 aliphatic heterocycles. The predicted octanol–water partition coefficient (Wildman–Crippen LogP) is 1.95. The van der Waals surface area contributed by atoms with Gasteiger partial charge in [0.05, 0.1) is 0 Å². The van der Waals surface area contributed by atoms with Gasteiger partial charge in [0, 0.05) is 12.2 Å². The number of nitriles is 1. The number of amides is 1. The van der Waals surface area contributed by atoms with Crippen molar-refractivity contribution in [3.05, 3.63) is 29.1 Å². The molecule has 1 N–H and O–H groups in total. The van der Waals surface area contributed by atoms with Crippen molar-refractivity contribution in [2.75, 3.05) is 0 Å². The monoisotopic (exact) mass is 259 g/mol. The summed E-state index contributed by atoms with van der Waals surface area (Å²) in [4.78, 5) is 15.7. The molecule has 0 saturated carbocycles. The second kappa shape index (κ2) is 4.88. The normalized spacial score (nSPS) is 17.5. The SMILES string of the molecule is CC(C)(C)OC(=O)NC1Cc2ccnc(C#N)c2C1. The first-order valence-electron chi connectivity index (χ1n) is 6.25. The second-order valence-corrected chi connectivity index (χ2v) is 5.66. The van der Waals surface area contributed by atoms with E-state index < -0.39 is 11.7 Å². The number of pyridine rings is 1. The predicted molar refractivity (Wildman–Crippen MR) is 69.5 cm³/mol. The van der Waals surface area contributed by atoms with E-state index in [1.54, 1.807) is 6.20 Å². The summed E-state index contributed by atoms with van der Waals surface area (Å²) in [5.74, 6) is 0. The van der Waals surface area contributed by atoms with Crippen molar-refractivity contribution in [1.82, 2.24) is 10.3 Å². The zero-order chi connectivity index (χ0) is 14.0. The number of nitrogens with one attached hydrogen (secondary N) is 1. The lowest BCUT2D eigenvalue weighted by molar-refractivity contribution is 0.0506. The van der Waals surface area contributed by atoms with Gasteiger partial charge < -0.3 is 10.1 Å². The summed E-state index contributed by atoms with van der Waals surface area (Å²) in [6, 6.07) is 3.95. The van der Waals surface area contributed by atoms with Crippen LogP contribution in [-0.2, 0) is 17.6 Å². The van der Waals surface area contributed by atoms with Crippen molar-refractivity contribution < 1.29 is 9.53 Å². The van der Waals surface area contributed by atoms with Gasteiger partial charge in [-0.15, -0.1) is 0 Å². The van der Waals surface area contributed by atoms with Crippen molar-refractivity contribution in [3.63, 3.8) is 0 Å². The highest BCUT2D eigenvalue weighted by atomic mass is 16.6.